The Morgan fingerprint density at radius 3 is 2.54 bits per heavy atom. The van der Waals surface area contributed by atoms with Crippen LogP contribution in [-0.2, 0) is 4.79 Å². The maximum absolute atomic E-state index is 11.9. The van der Waals surface area contributed by atoms with Crippen molar-refractivity contribution in [3.8, 4) is 11.5 Å². The number of nitrogens with one attached hydrogen (secondary N) is 1. The van der Waals surface area contributed by atoms with Crippen LogP contribution in [0.1, 0.15) is 18.1 Å². The minimum Gasteiger partial charge on any atom is -0.497 e. The van der Waals surface area contributed by atoms with Crippen molar-refractivity contribution < 1.29 is 14.3 Å². The molecule has 2 aromatic carbocycles. The molecule has 0 saturated heterocycles. The zero-order valence-electron chi connectivity index (χ0n) is 13.8. The fraction of sp³-hybridized carbons (Fsp3) is 0.222. The van der Waals surface area contributed by atoms with Gasteiger partial charge in [0, 0.05) is 0 Å². The van der Waals surface area contributed by atoms with Gasteiger partial charge in [0.1, 0.15) is 11.5 Å². The fourth-order valence-electron chi connectivity index (χ4n) is 1.91. The van der Waals surface area contributed by atoms with Crippen LogP contribution in [0.25, 0.3) is 0 Å². The largest absolute Gasteiger partial charge is 0.497 e. The Bertz CT molecular complexity index is 742. The van der Waals surface area contributed by atoms with Crippen LogP contribution in [0.15, 0.2) is 47.6 Å². The van der Waals surface area contributed by atoms with E-state index in [0.29, 0.717) is 5.75 Å². The summed E-state index contributed by atoms with van der Waals surface area (Å²) in [5, 5.41) is 4.10. The van der Waals surface area contributed by atoms with Crippen molar-refractivity contribution in [2.75, 3.05) is 13.7 Å². The van der Waals surface area contributed by atoms with Crippen molar-refractivity contribution in [3.63, 3.8) is 0 Å². The van der Waals surface area contributed by atoms with Gasteiger partial charge in [-0.1, -0.05) is 29.8 Å². The summed E-state index contributed by atoms with van der Waals surface area (Å²) in [5.41, 5.74) is 5.39. The number of benzene rings is 2. The first-order valence-electron chi connectivity index (χ1n) is 7.36. The van der Waals surface area contributed by atoms with Crippen LogP contribution in [0.4, 0.5) is 0 Å². The topological polar surface area (TPSA) is 59.9 Å². The quantitative estimate of drug-likeness (QED) is 0.427. The molecule has 0 aliphatic carbocycles. The highest BCUT2D eigenvalue weighted by Gasteiger charge is 2.07. The number of methoxy groups -OCH3 is 1. The molecule has 1 amide bonds. The summed E-state index contributed by atoms with van der Waals surface area (Å²) in [5.74, 6) is 1.06. The van der Waals surface area contributed by atoms with Crippen LogP contribution >= 0.6 is 22.6 Å². The number of rotatable bonds is 6. The van der Waals surface area contributed by atoms with Gasteiger partial charge in [-0.3, -0.25) is 4.79 Å². The van der Waals surface area contributed by atoms with Crippen LogP contribution in [0.2, 0.25) is 0 Å². The molecule has 0 radical (unpaired) electrons. The van der Waals surface area contributed by atoms with E-state index in [1.54, 1.807) is 19.2 Å². The number of carbonyl (C=O) groups is 1. The maximum atomic E-state index is 11.9. The summed E-state index contributed by atoms with van der Waals surface area (Å²) in [7, 11) is 1.60. The molecule has 0 fully saturated rings. The highest BCUT2D eigenvalue weighted by Crippen LogP contribution is 2.25. The molecule has 0 spiro atoms. The van der Waals surface area contributed by atoms with Crippen LogP contribution in [0, 0.1) is 10.5 Å². The Morgan fingerprint density at radius 2 is 1.92 bits per heavy atom. The molecular formula is C18H19IN2O3. The minimum absolute atomic E-state index is 0.104. The smallest absolute Gasteiger partial charge is 0.277 e. The molecule has 24 heavy (non-hydrogen) atoms. The first-order valence-corrected chi connectivity index (χ1v) is 8.44. The third kappa shape index (κ3) is 5.23. The molecule has 0 saturated carbocycles. The number of hydrogen-bond donors (Lipinski definition) is 1. The van der Waals surface area contributed by atoms with E-state index in [2.05, 4.69) is 33.1 Å². The predicted molar refractivity (Wildman–Crippen MR) is 103 cm³/mol. The van der Waals surface area contributed by atoms with Gasteiger partial charge in [0.2, 0.25) is 0 Å². The summed E-state index contributed by atoms with van der Waals surface area (Å²) in [6, 6.07) is 13.3. The molecule has 0 aliphatic rings. The highest BCUT2D eigenvalue weighted by molar-refractivity contribution is 14.1. The van der Waals surface area contributed by atoms with E-state index >= 15 is 0 Å². The molecular weight excluding hydrogens is 419 g/mol. The lowest BCUT2D eigenvalue weighted by atomic mass is 10.1. The molecule has 1 N–H and O–H groups in total. The lowest BCUT2D eigenvalue weighted by Crippen LogP contribution is -2.25. The van der Waals surface area contributed by atoms with Gasteiger partial charge in [-0.25, -0.2) is 5.43 Å². The van der Waals surface area contributed by atoms with Gasteiger partial charge in [-0.05, 0) is 60.2 Å². The number of hydrogen-bond acceptors (Lipinski definition) is 4. The number of aryl methyl sites for hydroxylation is 1. The van der Waals surface area contributed by atoms with Gasteiger partial charge in [-0.2, -0.15) is 5.10 Å². The second kappa shape index (κ2) is 8.68. The van der Waals surface area contributed by atoms with Crippen LogP contribution in [-0.4, -0.2) is 25.3 Å². The molecule has 5 nitrogen and oxygen atoms in total. The number of halogens is 1. The Morgan fingerprint density at radius 1 is 1.21 bits per heavy atom. The summed E-state index contributed by atoms with van der Waals surface area (Å²) >= 11 is 2.13. The first kappa shape index (κ1) is 18.3. The van der Waals surface area contributed by atoms with Crippen molar-refractivity contribution in [1.29, 1.82) is 0 Å². The average Bonchev–Trinajstić information content (AvgIpc) is 2.59. The maximum Gasteiger partial charge on any atom is 0.277 e. The van der Waals surface area contributed by atoms with Gasteiger partial charge in [0.05, 0.1) is 16.4 Å². The van der Waals surface area contributed by atoms with Crippen LogP contribution < -0.4 is 14.9 Å². The van der Waals surface area contributed by atoms with Crippen molar-refractivity contribution in [1.82, 2.24) is 5.43 Å². The Hall–Kier alpha value is -2.09. The second-order valence-corrected chi connectivity index (χ2v) is 6.35. The van der Waals surface area contributed by atoms with E-state index in [9.17, 15) is 4.79 Å². The third-order valence-electron chi connectivity index (χ3n) is 3.32. The molecule has 0 unspecified atom stereocenters. The Kier molecular flexibility index (Phi) is 6.60. The van der Waals surface area contributed by atoms with E-state index in [1.165, 1.54) is 5.56 Å². The number of nitrogens with zero attached hydrogens (tertiary/aromatic N) is 1. The lowest BCUT2D eigenvalue weighted by molar-refractivity contribution is -0.123. The van der Waals surface area contributed by atoms with E-state index in [-0.39, 0.29) is 12.5 Å². The van der Waals surface area contributed by atoms with Gasteiger partial charge >= 0.3 is 0 Å². The molecule has 0 bridgehead atoms. The molecule has 2 aromatic rings. The van der Waals surface area contributed by atoms with Gasteiger partial charge in [0.15, 0.2) is 6.61 Å². The van der Waals surface area contributed by atoms with Crippen molar-refractivity contribution in [2.24, 2.45) is 5.10 Å². The predicted octanol–water partition coefficient (Wildman–Crippen LogP) is 3.53. The molecule has 0 aliphatic heterocycles. The zero-order chi connectivity index (χ0) is 17.5. The third-order valence-corrected chi connectivity index (χ3v) is 4.16. The van der Waals surface area contributed by atoms with E-state index in [0.717, 1.165) is 20.6 Å². The number of carbonyl (C=O) groups excluding carboxylic acids is 1. The van der Waals surface area contributed by atoms with Gasteiger partial charge in [0.25, 0.3) is 5.91 Å². The summed E-state index contributed by atoms with van der Waals surface area (Å²) in [6.45, 7) is 3.77. The molecule has 0 atom stereocenters. The van der Waals surface area contributed by atoms with Crippen molar-refractivity contribution in [2.45, 2.75) is 13.8 Å². The second-order valence-electron chi connectivity index (χ2n) is 5.18. The van der Waals surface area contributed by atoms with Gasteiger partial charge in [-0.15, -0.1) is 0 Å². The Labute approximate surface area is 155 Å². The number of hydrazone groups is 1. The van der Waals surface area contributed by atoms with Gasteiger partial charge < -0.3 is 9.47 Å². The standard InChI is InChI=1S/C18H19IN2O3/c1-12-4-6-14(7-5-12)13(2)20-21-18(22)11-24-17-9-8-15(23-3)10-16(17)19/h4-10H,11H2,1-3H3,(H,21,22)/b20-13+. The van der Waals surface area contributed by atoms with Crippen LogP contribution in [0.3, 0.4) is 0 Å². The molecule has 0 heterocycles. The van der Waals surface area contributed by atoms with Crippen molar-refractivity contribution >= 4 is 34.2 Å². The number of ether oxygens (including phenoxy) is 2. The fourth-order valence-corrected chi connectivity index (χ4v) is 2.55. The zero-order valence-corrected chi connectivity index (χ0v) is 16.0. The molecule has 126 valence electrons. The monoisotopic (exact) mass is 438 g/mol. The SMILES string of the molecule is COc1ccc(OCC(=O)N/N=C(\C)c2ccc(C)cc2)c(I)c1. The van der Waals surface area contributed by atoms with E-state index < -0.39 is 0 Å². The molecule has 6 heteroatoms. The summed E-state index contributed by atoms with van der Waals surface area (Å²) < 4.78 is 11.5. The summed E-state index contributed by atoms with van der Waals surface area (Å²) in [4.78, 5) is 11.9. The average molecular weight is 438 g/mol. The first-order chi connectivity index (χ1) is 11.5. The van der Waals surface area contributed by atoms with E-state index in [4.69, 9.17) is 9.47 Å². The molecule has 0 aromatic heterocycles. The molecule has 2 rings (SSSR count). The van der Waals surface area contributed by atoms with Crippen molar-refractivity contribution in [3.05, 3.63) is 57.2 Å². The highest BCUT2D eigenvalue weighted by atomic mass is 127. The minimum atomic E-state index is -0.312. The van der Waals surface area contributed by atoms with Crippen LogP contribution in [0.5, 0.6) is 11.5 Å². The summed E-state index contributed by atoms with van der Waals surface area (Å²) in [6.07, 6.45) is 0. The Balaban J connectivity index is 1.89. The lowest BCUT2D eigenvalue weighted by Gasteiger charge is -2.09. The number of amides is 1. The van der Waals surface area contributed by atoms with E-state index in [1.807, 2.05) is 44.2 Å². The normalized spacial score (nSPS) is 11.1.